The molecule has 2 N–H and O–H groups in total. The molecule has 2 aliphatic rings. The Hall–Kier alpha value is -1.76. The maximum absolute atomic E-state index is 11.7. The largest absolute Gasteiger partial charge is 0.477 e. The van der Waals surface area contributed by atoms with E-state index in [1.165, 1.54) is 29.8 Å². The van der Waals surface area contributed by atoms with Crippen molar-refractivity contribution in [2.24, 2.45) is 5.92 Å². The van der Waals surface area contributed by atoms with Crippen molar-refractivity contribution in [1.82, 2.24) is 10.2 Å². The van der Waals surface area contributed by atoms with Gasteiger partial charge in [0.1, 0.15) is 5.70 Å². The van der Waals surface area contributed by atoms with Crippen molar-refractivity contribution in [2.75, 3.05) is 0 Å². The van der Waals surface area contributed by atoms with Crippen LogP contribution in [0.4, 0.5) is 0 Å². The lowest BCUT2D eigenvalue weighted by molar-refractivity contribution is -0.153. The van der Waals surface area contributed by atoms with Gasteiger partial charge in [-0.3, -0.25) is 9.59 Å². The molecular formula is C12H14N2O4S. The third-order valence-corrected chi connectivity index (χ3v) is 4.12. The first kappa shape index (κ1) is 13.7. The zero-order valence-corrected chi connectivity index (χ0v) is 11.4. The number of hydrogen-bond donors (Lipinski definition) is 2. The molecule has 19 heavy (non-hydrogen) atoms. The van der Waals surface area contributed by atoms with E-state index < -0.39 is 5.97 Å². The minimum Gasteiger partial charge on any atom is -0.477 e. The maximum Gasteiger partial charge on any atom is 0.353 e. The average Bonchev–Trinajstić information content (AvgIpc) is 2.69. The number of thioether (sulfide) groups is 1. The van der Waals surface area contributed by atoms with Gasteiger partial charge in [0.15, 0.2) is 0 Å². The van der Waals surface area contributed by atoms with Crippen LogP contribution in [0.15, 0.2) is 22.2 Å². The van der Waals surface area contributed by atoms with E-state index in [0.29, 0.717) is 11.3 Å². The first-order valence-electron chi connectivity index (χ1n) is 5.81. The number of fused-ring (bicyclic) bond motifs is 1. The third-order valence-electron chi connectivity index (χ3n) is 3.20. The molecule has 0 radical (unpaired) electrons. The lowest BCUT2D eigenvalue weighted by atomic mass is 9.89. The average molecular weight is 282 g/mol. The molecule has 2 rings (SSSR count). The highest BCUT2D eigenvalue weighted by atomic mass is 32.2. The van der Waals surface area contributed by atoms with Crippen molar-refractivity contribution in [1.29, 1.82) is 0 Å². The van der Waals surface area contributed by atoms with Crippen molar-refractivity contribution in [2.45, 2.75) is 26.3 Å². The number of rotatable bonds is 4. The summed E-state index contributed by atoms with van der Waals surface area (Å²) in [5.41, 5.74) is 0.0746. The van der Waals surface area contributed by atoms with Crippen LogP contribution in [0.2, 0.25) is 0 Å². The molecular weight excluding hydrogens is 268 g/mol. The zero-order valence-electron chi connectivity index (χ0n) is 10.5. The van der Waals surface area contributed by atoms with Crippen LogP contribution in [0.5, 0.6) is 0 Å². The van der Waals surface area contributed by atoms with E-state index in [9.17, 15) is 19.5 Å². The van der Waals surface area contributed by atoms with E-state index in [-0.39, 0.29) is 29.5 Å². The number of β-lactam (4-membered cyclic amide) rings is 1. The normalized spacial score (nSPS) is 25.6. The van der Waals surface area contributed by atoms with Crippen LogP contribution in [0.1, 0.15) is 20.3 Å². The molecule has 7 heteroatoms. The highest BCUT2D eigenvalue weighted by Gasteiger charge is 2.52. The van der Waals surface area contributed by atoms with Gasteiger partial charge in [0.25, 0.3) is 0 Å². The fourth-order valence-electron chi connectivity index (χ4n) is 2.25. The Balaban J connectivity index is 2.11. The van der Waals surface area contributed by atoms with Crippen LogP contribution in [-0.2, 0) is 14.4 Å². The number of carboxylic acid groups (broad SMARTS) is 1. The van der Waals surface area contributed by atoms with Crippen LogP contribution in [0, 0.1) is 5.92 Å². The van der Waals surface area contributed by atoms with Crippen LogP contribution < -0.4 is 5.32 Å². The van der Waals surface area contributed by atoms with E-state index >= 15 is 0 Å². The molecule has 6 nitrogen and oxygen atoms in total. The minimum atomic E-state index is -1.09. The summed E-state index contributed by atoms with van der Waals surface area (Å²) >= 11 is 1.22. The highest BCUT2D eigenvalue weighted by Crippen LogP contribution is 2.45. The van der Waals surface area contributed by atoms with E-state index in [1.807, 2.05) is 6.92 Å². The molecule has 2 heterocycles. The van der Waals surface area contributed by atoms with Crippen molar-refractivity contribution in [3.8, 4) is 0 Å². The molecule has 2 aliphatic heterocycles. The SMILES string of the molecule is CC(=O)NC=CSC1=C(C(=O)O)N2C(=O)C(C)C2C1. The summed E-state index contributed by atoms with van der Waals surface area (Å²) in [5, 5.41) is 13.3. The molecule has 0 aliphatic carbocycles. The summed E-state index contributed by atoms with van der Waals surface area (Å²) in [7, 11) is 0. The van der Waals surface area contributed by atoms with Gasteiger partial charge in [-0.05, 0) is 5.41 Å². The summed E-state index contributed by atoms with van der Waals surface area (Å²) < 4.78 is 0. The number of nitrogens with zero attached hydrogens (tertiary/aromatic N) is 1. The smallest absolute Gasteiger partial charge is 0.353 e. The Morgan fingerprint density at radius 2 is 2.21 bits per heavy atom. The van der Waals surface area contributed by atoms with E-state index in [0.717, 1.165) is 0 Å². The van der Waals surface area contributed by atoms with Crippen molar-refractivity contribution in [3.05, 3.63) is 22.2 Å². The van der Waals surface area contributed by atoms with E-state index in [2.05, 4.69) is 5.32 Å². The lowest BCUT2D eigenvalue weighted by Crippen LogP contribution is -2.57. The molecule has 1 saturated heterocycles. The summed E-state index contributed by atoms with van der Waals surface area (Å²) in [6, 6.07) is -0.0322. The van der Waals surface area contributed by atoms with Crippen LogP contribution in [0.25, 0.3) is 0 Å². The van der Waals surface area contributed by atoms with E-state index in [1.54, 1.807) is 5.41 Å². The maximum atomic E-state index is 11.7. The predicted octanol–water partition coefficient (Wildman–Crippen LogP) is 0.874. The number of carbonyl (C=O) groups excluding carboxylic acids is 2. The Kier molecular flexibility index (Phi) is 3.66. The Bertz CT molecular complexity index is 512. The van der Waals surface area contributed by atoms with Gasteiger partial charge in [0.2, 0.25) is 11.8 Å². The summed E-state index contributed by atoms with van der Waals surface area (Å²) in [4.78, 5) is 35.6. The molecule has 0 aromatic rings. The summed E-state index contributed by atoms with van der Waals surface area (Å²) in [5.74, 6) is -1.53. The van der Waals surface area contributed by atoms with Gasteiger partial charge in [0.05, 0.1) is 12.0 Å². The fourth-order valence-corrected chi connectivity index (χ4v) is 3.11. The molecule has 0 bridgehead atoms. The van der Waals surface area contributed by atoms with Crippen LogP contribution in [0.3, 0.4) is 0 Å². The molecule has 0 aromatic heterocycles. The second kappa shape index (κ2) is 5.08. The quantitative estimate of drug-likeness (QED) is 0.747. The Labute approximate surface area is 114 Å². The first-order valence-corrected chi connectivity index (χ1v) is 6.69. The number of aliphatic carboxylic acids is 1. The van der Waals surface area contributed by atoms with Gasteiger partial charge >= 0.3 is 5.97 Å². The van der Waals surface area contributed by atoms with Gasteiger partial charge in [-0.25, -0.2) is 4.79 Å². The first-order chi connectivity index (χ1) is 8.93. The molecule has 1 fully saturated rings. The fraction of sp³-hybridized carbons (Fsp3) is 0.417. The molecule has 2 unspecified atom stereocenters. The van der Waals surface area contributed by atoms with Crippen LogP contribution in [-0.4, -0.2) is 33.8 Å². The standard InChI is InChI=1S/C12H14N2O4S/c1-6-8-5-9(19-4-3-13-7(2)15)10(12(17)18)14(8)11(6)16/h3-4,6,8H,5H2,1-2H3,(H,13,15)(H,17,18). The number of nitrogens with one attached hydrogen (secondary N) is 1. The third kappa shape index (κ3) is 2.37. The highest BCUT2D eigenvalue weighted by molar-refractivity contribution is 8.05. The second-order valence-electron chi connectivity index (χ2n) is 4.47. The monoisotopic (exact) mass is 282 g/mol. The van der Waals surface area contributed by atoms with Gasteiger partial charge < -0.3 is 15.3 Å². The number of amides is 2. The minimum absolute atomic E-state index is 0.0322. The second-order valence-corrected chi connectivity index (χ2v) is 5.47. The Morgan fingerprint density at radius 3 is 2.79 bits per heavy atom. The van der Waals surface area contributed by atoms with E-state index in [4.69, 9.17) is 0 Å². The van der Waals surface area contributed by atoms with Crippen LogP contribution >= 0.6 is 11.8 Å². The summed E-state index contributed by atoms with van der Waals surface area (Å²) in [6.07, 6.45) is 2.02. The van der Waals surface area contributed by atoms with Gasteiger partial charge in [-0.1, -0.05) is 18.7 Å². The number of carbonyl (C=O) groups is 3. The molecule has 2 amide bonds. The van der Waals surface area contributed by atoms with Gasteiger partial charge in [-0.15, -0.1) is 0 Å². The van der Waals surface area contributed by atoms with Crippen molar-refractivity contribution < 1.29 is 19.5 Å². The molecule has 0 aromatic carbocycles. The van der Waals surface area contributed by atoms with Gasteiger partial charge in [0, 0.05) is 24.4 Å². The topological polar surface area (TPSA) is 86.7 Å². The predicted molar refractivity (Wildman–Crippen MR) is 69.6 cm³/mol. The van der Waals surface area contributed by atoms with Crippen molar-refractivity contribution in [3.63, 3.8) is 0 Å². The number of carboxylic acids is 1. The zero-order chi connectivity index (χ0) is 14.2. The molecule has 2 atom stereocenters. The summed E-state index contributed by atoms with van der Waals surface area (Å²) in [6.45, 7) is 3.20. The van der Waals surface area contributed by atoms with Crippen molar-refractivity contribution >= 4 is 29.5 Å². The van der Waals surface area contributed by atoms with Gasteiger partial charge in [-0.2, -0.15) is 0 Å². The number of hydrogen-bond acceptors (Lipinski definition) is 4. The molecule has 0 saturated carbocycles. The molecule has 0 spiro atoms. The lowest BCUT2D eigenvalue weighted by Gasteiger charge is -2.41. The Morgan fingerprint density at radius 1 is 1.53 bits per heavy atom. The molecule has 102 valence electrons.